The third-order valence-corrected chi connectivity index (χ3v) is 5.86. The van der Waals surface area contributed by atoms with Crippen LogP contribution in [-0.4, -0.2) is 31.4 Å². The predicted molar refractivity (Wildman–Crippen MR) is 94.3 cm³/mol. The average Bonchev–Trinajstić information content (AvgIpc) is 3.30. The summed E-state index contributed by atoms with van der Waals surface area (Å²) in [4.78, 5) is 11.8. The maximum Gasteiger partial charge on any atom is 0.226 e. The highest BCUT2D eigenvalue weighted by Crippen LogP contribution is 2.41. The van der Waals surface area contributed by atoms with Gasteiger partial charge in [-0.1, -0.05) is 6.42 Å². The van der Waals surface area contributed by atoms with E-state index in [0.29, 0.717) is 11.8 Å². The molecule has 2 aromatic rings. The Morgan fingerprint density at radius 2 is 1.96 bits per heavy atom. The number of nitrogens with zero attached hydrogens (tertiary/aromatic N) is 5. The second-order valence-corrected chi connectivity index (χ2v) is 7.85. The van der Waals surface area contributed by atoms with Crippen LogP contribution < -0.4 is 4.90 Å². The van der Waals surface area contributed by atoms with Gasteiger partial charge in [0.15, 0.2) is 0 Å². The van der Waals surface area contributed by atoms with Crippen molar-refractivity contribution in [2.24, 2.45) is 5.92 Å². The number of aryl methyl sites for hydroxylation is 1. The van der Waals surface area contributed by atoms with E-state index in [2.05, 4.69) is 34.0 Å². The fraction of sp³-hybridized carbons (Fsp3) is 0.632. The molecule has 0 radical (unpaired) electrons. The molecule has 1 atom stereocenters. The Kier molecular flexibility index (Phi) is 3.55. The highest BCUT2D eigenvalue weighted by Gasteiger charge is 2.33. The van der Waals surface area contributed by atoms with Crippen LogP contribution in [0.4, 0.5) is 5.95 Å². The van der Waals surface area contributed by atoms with Crippen LogP contribution in [0.25, 0.3) is 0 Å². The van der Waals surface area contributed by atoms with Crippen LogP contribution in [0, 0.1) is 12.8 Å². The molecule has 1 aliphatic heterocycles. The number of aliphatic hydroxyl groups excluding tert-OH is 1. The van der Waals surface area contributed by atoms with Gasteiger partial charge in [0.25, 0.3) is 0 Å². The summed E-state index contributed by atoms with van der Waals surface area (Å²) in [5.41, 5.74) is 4.24. The maximum atomic E-state index is 10.3. The molecule has 132 valence electrons. The summed E-state index contributed by atoms with van der Waals surface area (Å²) in [6.45, 7) is 4.51. The normalized spacial score (nSPS) is 21.8. The van der Waals surface area contributed by atoms with Crippen molar-refractivity contribution in [3.8, 4) is 0 Å². The molecular weight excluding hydrogens is 314 g/mol. The lowest BCUT2D eigenvalue weighted by Crippen LogP contribution is -2.35. The summed E-state index contributed by atoms with van der Waals surface area (Å²) < 4.78 is 2.04. The zero-order chi connectivity index (χ0) is 17.0. The lowest BCUT2D eigenvalue weighted by atomic mass is 9.83. The number of anilines is 1. The number of hydrogen-bond donors (Lipinski definition) is 1. The molecule has 0 bridgehead atoms. The fourth-order valence-corrected chi connectivity index (χ4v) is 3.89. The Labute approximate surface area is 147 Å². The zero-order valence-electron chi connectivity index (χ0n) is 14.7. The number of fused-ring (bicyclic) bond motifs is 1. The minimum atomic E-state index is -0.396. The smallest absolute Gasteiger partial charge is 0.226 e. The van der Waals surface area contributed by atoms with Crippen LogP contribution in [0.15, 0.2) is 12.1 Å². The third kappa shape index (κ3) is 2.82. The maximum absolute atomic E-state index is 10.3. The van der Waals surface area contributed by atoms with Gasteiger partial charge in [-0.2, -0.15) is 5.10 Å². The molecule has 25 heavy (non-hydrogen) atoms. The Hall–Kier alpha value is -1.95. The molecule has 6 heteroatoms. The number of aliphatic hydroxyl groups is 1. The van der Waals surface area contributed by atoms with E-state index in [1.807, 2.05) is 4.68 Å². The van der Waals surface area contributed by atoms with E-state index in [-0.39, 0.29) is 0 Å². The van der Waals surface area contributed by atoms with Gasteiger partial charge in [-0.15, -0.1) is 0 Å². The van der Waals surface area contributed by atoms with E-state index >= 15 is 0 Å². The van der Waals surface area contributed by atoms with Crippen molar-refractivity contribution in [3.05, 3.63) is 34.9 Å². The van der Waals surface area contributed by atoms with E-state index < -0.39 is 6.10 Å². The summed E-state index contributed by atoms with van der Waals surface area (Å²) >= 11 is 0. The van der Waals surface area contributed by atoms with Gasteiger partial charge in [-0.3, -0.25) is 4.68 Å². The van der Waals surface area contributed by atoms with E-state index in [1.165, 1.54) is 25.0 Å². The van der Waals surface area contributed by atoms with Crippen molar-refractivity contribution in [1.29, 1.82) is 0 Å². The average molecular weight is 339 g/mol. The first-order valence-electron chi connectivity index (χ1n) is 9.52. The lowest BCUT2D eigenvalue weighted by molar-refractivity contribution is 0.148. The molecule has 2 saturated carbocycles. The van der Waals surface area contributed by atoms with Crippen LogP contribution in [0.2, 0.25) is 0 Å². The first-order chi connectivity index (χ1) is 12.2. The molecule has 2 fully saturated rings. The molecule has 0 saturated heterocycles. The number of aromatic nitrogens is 4. The van der Waals surface area contributed by atoms with Crippen LogP contribution in [0.1, 0.15) is 66.9 Å². The number of rotatable bonds is 4. The van der Waals surface area contributed by atoms with Gasteiger partial charge in [-0.25, -0.2) is 9.97 Å². The second kappa shape index (κ2) is 5.80. The van der Waals surface area contributed by atoms with E-state index in [9.17, 15) is 5.11 Å². The molecule has 1 unspecified atom stereocenters. The van der Waals surface area contributed by atoms with Gasteiger partial charge in [0.2, 0.25) is 5.95 Å². The van der Waals surface area contributed by atoms with Crippen molar-refractivity contribution in [1.82, 2.24) is 19.7 Å². The van der Waals surface area contributed by atoms with Crippen LogP contribution >= 0.6 is 0 Å². The van der Waals surface area contributed by atoms with Gasteiger partial charge >= 0.3 is 0 Å². The van der Waals surface area contributed by atoms with Crippen LogP contribution in [0.5, 0.6) is 0 Å². The van der Waals surface area contributed by atoms with Gasteiger partial charge in [-0.05, 0) is 50.7 Å². The Balaban J connectivity index is 1.39. The highest BCUT2D eigenvalue weighted by molar-refractivity contribution is 5.36. The van der Waals surface area contributed by atoms with E-state index in [1.54, 1.807) is 0 Å². The lowest BCUT2D eigenvalue weighted by Gasteiger charge is -2.30. The zero-order valence-corrected chi connectivity index (χ0v) is 14.7. The molecule has 0 amide bonds. The summed E-state index contributed by atoms with van der Waals surface area (Å²) in [7, 11) is 0. The summed E-state index contributed by atoms with van der Waals surface area (Å²) in [6.07, 6.45) is 5.67. The summed E-state index contributed by atoms with van der Waals surface area (Å²) in [6, 6.07) is 4.21. The first-order valence-corrected chi connectivity index (χ1v) is 9.52. The largest absolute Gasteiger partial charge is 0.386 e. The molecule has 3 aliphatic rings. The third-order valence-electron chi connectivity index (χ3n) is 5.86. The van der Waals surface area contributed by atoms with Crippen LogP contribution in [0.3, 0.4) is 0 Å². The van der Waals surface area contributed by atoms with Gasteiger partial charge < -0.3 is 10.0 Å². The molecule has 0 spiro atoms. The molecule has 6 nitrogen and oxygen atoms in total. The van der Waals surface area contributed by atoms with E-state index in [4.69, 9.17) is 4.98 Å². The predicted octanol–water partition coefficient (Wildman–Crippen LogP) is 2.71. The molecule has 1 N–H and O–H groups in total. The van der Waals surface area contributed by atoms with Crippen molar-refractivity contribution in [3.63, 3.8) is 0 Å². The van der Waals surface area contributed by atoms with Crippen molar-refractivity contribution >= 4 is 5.95 Å². The van der Waals surface area contributed by atoms with Crippen molar-refractivity contribution in [2.45, 2.75) is 64.1 Å². The van der Waals surface area contributed by atoms with Crippen LogP contribution in [-0.2, 0) is 13.1 Å². The monoisotopic (exact) mass is 339 g/mol. The fourth-order valence-electron chi connectivity index (χ4n) is 3.89. The van der Waals surface area contributed by atoms with Gasteiger partial charge in [0.05, 0.1) is 24.5 Å². The van der Waals surface area contributed by atoms with E-state index in [0.717, 1.165) is 55.5 Å². The number of hydrogen-bond acceptors (Lipinski definition) is 5. The Morgan fingerprint density at radius 1 is 1.12 bits per heavy atom. The van der Waals surface area contributed by atoms with Crippen molar-refractivity contribution < 1.29 is 5.11 Å². The Morgan fingerprint density at radius 3 is 2.68 bits per heavy atom. The highest BCUT2D eigenvalue weighted by atomic mass is 16.3. The molecule has 0 aromatic carbocycles. The van der Waals surface area contributed by atoms with Gasteiger partial charge in [0, 0.05) is 23.9 Å². The molecular formula is C19H25N5O. The second-order valence-electron chi connectivity index (χ2n) is 7.85. The Bertz CT molecular complexity index is 793. The molecule has 3 heterocycles. The molecule has 2 aromatic heterocycles. The van der Waals surface area contributed by atoms with Crippen molar-refractivity contribution in [2.75, 3.05) is 11.4 Å². The molecule has 2 aliphatic carbocycles. The summed E-state index contributed by atoms with van der Waals surface area (Å²) in [5.74, 6) is 1.88. The first kappa shape index (κ1) is 15.3. The molecule has 5 rings (SSSR count). The summed E-state index contributed by atoms with van der Waals surface area (Å²) in [5, 5.41) is 15.0. The topological polar surface area (TPSA) is 67.1 Å². The minimum Gasteiger partial charge on any atom is -0.386 e. The quantitative estimate of drug-likeness (QED) is 0.928. The SMILES string of the molecule is Cc1cc(C2CCC2)nc(N2CCn3nc(C(O)C4CC4)cc3C2)n1. The minimum absolute atomic E-state index is 0.396. The standard InChI is InChI=1S/C19H25N5O/c1-12-9-16(13-3-2-4-13)21-19(20-12)23-7-8-24-15(11-23)10-17(22-24)18(25)14-5-6-14/h9-10,13-14,18,25H,2-8,11H2,1H3. The van der Waals surface area contributed by atoms with Gasteiger partial charge in [0.1, 0.15) is 6.10 Å².